The zero-order valence-corrected chi connectivity index (χ0v) is 14.3. The van der Waals surface area contributed by atoms with Crippen LogP contribution in [0.4, 0.5) is 0 Å². The number of H-pyrrole nitrogens is 1. The van der Waals surface area contributed by atoms with E-state index in [1.807, 2.05) is 37.4 Å². The van der Waals surface area contributed by atoms with Crippen LogP contribution in [0, 0.1) is 6.92 Å². The van der Waals surface area contributed by atoms with E-state index in [1.165, 1.54) is 5.56 Å². The Labute approximate surface area is 137 Å². The first-order chi connectivity index (χ1) is 10.1. The van der Waals surface area contributed by atoms with E-state index < -0.39 is 0 Å². The van der Waals surface area contributed by atoms with Gasteiger partial charge in [0.25, 0.3) is 0 Å². The maximum absolute atomic E-state index is 11.8. The number of rotatable bonds is 7. The molecule has 0 unspecified atom stereocenters. The molecule has 112 valence electrons. The number of aromatic nitrogens is 2. The summed E-state index contributed by atoms with van der Waals surface area (Å²) in [6, 6.07) is 7.97. The van der Waals surface area contributed by atoms with Crippen LogP contribution in [0.25, 0.3) is 0 Å². The number of carbonyl (C=O) groups excluding carboxylic acids is 1. The number of benzene rings is 1. The summed E-state index contributed by atoms with van der Waals surface area (Å²) >= 11 is 4.94. The fourth-order valence-corrected chi connectivity index (χ4v) is 2.86. The molecule has 21 heavy (non-hydrogen) atoms. The molecule has 1 heterocycles. The van der Waals surface area contributed by atoms with Crippen molar-refractivity contribution in [1.82, 2.24) is 15.5 Å². The van der Waals surface area contributed by atoms with Crippen molar-refractivity contribution in [3.8, 4) is 0 Å². The van der Waals surface area contributed by atoms with E-state index in [9.17, 15) is 4.79 Å². The molecule has 0 saturated heterocycles. The Hall–Kier alpha value is -1.27. The summed E-state index contributed by atoms with van der Waals surface area (Å²) in [5, 5.41) is 9.85. The number of thioether (sulfide) groups is 1. The highest BCUT2D eigenvalue weighted by Gasteiger charge is 2.04. The van der Waals surface area contributed by atoms with Crippen molar-refractivity contribution in [2.24, 2.45) is 0 Å². The molecule has 1 aromatic carbocycles. The van der Waals surface area contributed by atoms with Crippen molar-refractivity contribution in [1.29, 1.82) is 0 Å². The second-order valence-electron chi connectivity index (χ2n) is 4.72. The number of hydrogen-bond donors (Lipinski definition) is 2. The van der Waals surface area contributed by atoms with Crippen molar-refractivity contribution in [2.75, 3.05) is 12.3 Å². The minimum Gasteiger partial charge on any atom is -0.355 e. The maximum atomic E-state index is 11.8. The molecule has 4 nitrogen and oxygen atoms in total. The summed E-state index contributed by atoms with van der Waals surface area (Å²) in [5.41, 5.74) is 2.32. The molecule has 0 spiro atoms. The largest absolute Gasteiger partial charge is 0.355 e. The average molecular weight is 368 g/mol. The molecule has 0 aliphatic carbocycles. The summed E-state index contributed by atoms with van der Waals surface area (Å²) in [7, 11) is 0. The summed E-state index contributed by atoms with van der Waals surface area (Å²) in [6.45, 7) is 2.71. The van der Waals surface area contributed by atoms with Crippen molar-refractivity contribution in [3.05, 3.63) is 46.2 Å². The SMILES string of the molecule is Cc1[nH]ncc1CCCNC(=O)CSc1ccc(Br)cc1. The van der Waals surface area contributed by atoms with Gasteiger partial charge in [-0.1, -0.05) is 15.9 Å². The van der Waals surface area contributed by atoms with Gasteiger partial charge >= 0.3 is 0 Å². The number of aromatic amines is 1. The Kier molecular flexibility index (Phi) is 6.32. The zero-order chi connectivity index (χ0) is 15.1. The second-order valence-corrected chi connectivity index (χ2v) is 6.68. The first kappa shape index (κ1) is 16.1. The van der Waals surface area contributed by atoms with Gasteiger partial charge in [0, 0.05) is 21.6 Å². The van der Waals surface area contributed by atoms with Gasteiger partial charge in [-0.05, 0) is 49.6 Å². The predicted molar refractivity (Wildman–Crippen MR) is 89.5 cm³/mol. The van der Waals surface area contributed by atoms with E-state index in [4.69, 9.17) is 0 Å². The minimum absolute atomic E-state index is 0.0758. The van der Waals surface area contributed by atoms with Gasteiger partial charge in [-0.15, -0.1) is 11.8 Å². The van der Waals surface area contributed by atoms with E-state index in [1.54, 1.807) is 11.8 Å². The van der Waals surface area contributed by atoms with Crippen LogP contribution in [0.1, 0.15) is 17.7 Å². The molecule has 0 radical (unpaired) electrons. The summed E-state index contributed by atoms with van der Waals surface area (Å²) in [5.74, 6) is 0.527. The van der Waals surface area contributed by atoms with Gasteiger partial charge < -0.3 is 5.32 Å². The lowest BCUT2D eigenvalue weighted by Crippen LogP contribution is -2.26. The highest BCUT2D eigenvalue weighted by Crippen LogP contribution is 2.20. The number of aryl methyl sites for hydroxylation is 2. The van der Waals surface area contributed by atoms with Gasteiger partial charge in [0.2, 0.25) is 5.91 Å². The molecule has 6 heteroatoms. The van der Waals surface area contributed by atoms with Crippen LogP contribution in [0.3, 0.4) is 0 Å². The van der Waals surface area contributed by atoms with E-state index in [0.717, 1.165) is 27.9 Å². The summed E-state index contributed by atoms with van der Waals surface area (Å²) in [6.07, 6.45) is 3.71. The topological polar surface area (TPSA) is 57.8 Å². The molecule has 1 amide bonds. The van der Waals surface area contributed by atoms with Crippen molar-refractivity contribution in [3.63, 3.8) is 0 Å². The Morgan fingerprint density at radius 3 is 2.81 bits per heavy atom. The molecule has 0 bridgehead atoms. The highest BCUT2D eigenvalue weighted by atomic mass is 79.9. The third-order valence-corrected chi connectivity index (χ3v) is 4.60. The molecule has 1 aromatic heterocycles. The number of carbonyl (C=O) groups is 1. The first-order valence-electron chi connectivity index (χ1n) is 6.79. The summed E-state index contributed by atoms with van der Waals surface area (Å²) in [4.78, 5) is 12.9. The lowest BCUT2D eigenvalue weighted by molar-refractivity contribution is -0.118. The predicted octanol–water partition coefficient (Wildman–Crippen LogP) is 3.32. The van der Waals surface area contributed by atoms with E-state index in [-0.39, 0.29) is 5.91 Å². The van der Waals surface area contributed by atoms with Crippen LogP contribution in [0.2, 0.25) is 0 Å². The molecule has 0 aliphatic heterocycles. The van der Waals surface area contributed by atoms with Crippen LogP contribution in [0.15, 0.2) is 39.8 Å². The van der Waals surface area contributed by atoms with Gasteiger partial charge in [-0.2, -0.15) is 5.10 Å². The molecular formula is C15H18BrN3OS. The van der Waals surface area contributed by atoms with Crippen molar-refractivity contribution < 1.29 is 4.79 Å². The molecule has 0 fully saturated rings. The number of hydrogen-bond acceptors (Lipinski definition) is 3. The third-order valence-electron chi connectivity index (χ3n) is 3.06. The lowest BCUT2D eigenvalue weighted by Gasteiger charge is -2.05. The zero-order valence-electron chi connectivity index (χ0n) is 11.9. The number of amides is 1. The third kappa shape index (κ3) is 5.55. The lowest BCUT2D eigenvalue weighted by atomic mass is 10.1. The molecule has 0 saturated carbocycles. The van der Waals surface area contributed by atoms with Gasteiger partial charge in [0.15, 0.2) is 0 Å². The monoisotopic (exact) mass is 367 g/mol. The van der Waals surface area contributed by atoms with Gasteiger partial charge in [-0.25, -0.2) is 0 Å². The Morgan fingerprint density at radius 1 is 1.38 bits per heavy atom. The average Bonchev–Trinajstić information content (AvgIpc) is 2.88. The molecule has 2 N–H and O–H groups in total. The standard InChI is InChI=1S/C15H18BrN3OS/c1-11-12(9-18-19-11)3-2-8-17-15(20)10-21-14-6-4-13(16)5-7-14/h4-7,9H,2-3,8,10H2,1H3,(H,17,20)(H,18,19). The van der Waals surface area contributed by atoms with Crippen molar-refractivity contribution in [2.45, 2.75) is 24.7 Å². The molecular weight excluding hydrogens is 350 g/mol. The molecule has 2 aromatic rings. The minimum atomic E-state index is 0.0758. The fourth-order valence-electron chi connectivity index (χ4n) is 1.87. The van der Waals surface area contributed by atoms with Gasteiger partial charge in [0.05, 0.1) is 11.9 Å². The second kappa shape index (κ2) is 8.24. The Balaban J connectivity index is 1.61. The summed E-state index contributed by atoms with van der Waals surface area (Å²) < 4.78 is 1.05. The van der Waals surface area contributed by atoms with Gasteiger partial charge in [0.1, 0.15) is 0 Å². The van der Waals surface area contributed by atoms with Crippen LogP contribution >= 0.6 is 27.7 Å². The number of halogens is 1. The molecule has 0 aliphatic rings. The quantitative estimate of drug-likeness (QED) is 0.582. The Bertz CT molecular complexity index is 583. The van der Waals surface area contributed by atoms with Gasteiger partial charge in [-0.3, -0.25) is 9.89 Å². The normalized spacial score (nSPS) is 10.6. The van der Waals surface area contributed by atoms with Crippen LogP contribution in [0.5, 0.6) is 0 Å². The first-order valence-corrected chi connectivity index (χ1v) is 8.57. The maximum Gasteiger partial charge on any atom is 0.230 e. The van der Waals surface area contributed by atoms with Crippen LogP contribution < -0.4 is 5.32 Å². The highest BCUT2D eigenvalue weighted by molar-refractivity contribution is 9.10. The van der Waals surface area contributed by atoms with Crippen molar-refractivity contribution >= 4 is 33.6 Å². The smallest absolute Gasteiger partial charge is 0.230 e. The number of nitrogens with one attached hydrogen (secondary N) is 2. The fraction of sp³-hybridized carbons (Fsp3) is 0.333. The Morgan fingerprint density at radius 2 is 2.14 bits per heavy atom. The van der Waals surface area contributed by atoms with E-state index >= 15 is 0 Å². The number of nitrogens with zero attached hydrogens (tertiary/aromatic N) is 1. The van der Waals surface area contributed by atoms with E-state index in [0.29, 0.717) is 12.3 Å². The molecule has 0 atom stereocenters. The molecule has 2 rings (SSSR count). The van der Waals surface area contributed by atoms with Crippen LogP contribution in [-0.4, -0.2) is 28.4 Å². The van der Waals surface area contributed by atoms with E-state index in [2.05, 4.69) is 31.4 Å². The van der Waals surface area contributed by atoms with Crippen LogP contribution in [-0.2, 0) is 11.2 Å².